The Hall–Kier alpha value is -2.21. The lowest BCUT2D eigenvalue weighted by atomic mass is 9.96. The van der Waals surface area contributed by atoms with Crippen molar-refractivity contribution in [2.45, 2.75) is 51.3 Å². The predicted molar refractivity (Wildman–Crippen MR) is 91.7 cm³/mol. The zero-order chi connectivity index (χ0) is 17.3. The van der Waals surface area contributed by atoms with Gasteiger partial charge >= 0.3 is 0 Å². The highest BCUT2D eigenvalue weighted by Gasteiger charge is 2.38. The maximum atomic E-state index is 12.5. The third kappa shape index (κ3) is 3.19. The molecule has 6 heteroatoms. The van der Waals surface area contributed by atoms with Crippen LogP contribution in [-0.2, 0) is 11.3 Å². The van der Waals surface area contributed by atoms with Crippen molar-refractivity contribution in [2.24, 2.45) is 0 Å². The van der Waals surface area contributed by atoms with Crippen molar-refractivity contribution in [3.8, 4) is 0 Å². The number of para-hydroxylation sites is 1. The summed E-state index contributed by atoms with van der Waals surface area (Å²) in [6.07, 6.45) is 3.44. The first-order chi connectivity index (χ1) is 11.4. The summed E-state index contributed by atoms with van der Waals surface area (Å²) in [5, 5.41) is 10.8. The van der Waals surface area contributed by atoms with Gasteiger partial charge in [0.15, 0.2) is 0 Å². The number of aliphatic hydroxyl groups is 1. The highest BCUT2D eigenvalue weighted by atomic mass is 16.3. The summed E-state index contributed by atoms with van der Waals surface area (Å²) in [5.74, 6) is -0.0281. The second-order valence-corrected chi connectivity index (χ2v) is 6.91. The third-order valence-electron chi connectivity index (χ3n) is 4.69. The topological polar surface area (TPSA) is 75.4 Å². The van der Waals surface area contributed by atoms with Gasteiger partial charge in [0.1, 0.15) is 0 Å². The number of nitrogens with zero attached hydrogens (tertiary/aromatic N) is 3. The Morgan fingerprint density at radius 1 is 1.38 bits per heavy atom. The lowest BCUT2D eigenvalue weighted by Crippen LogP contribution is -2.48. The highest BCUT2D eigenvalue weighted by Crippen LogP contribution is 2.27. The molecule has 1 aromatic carbocycles. The van der Waals surface area contributed by atoms with E-state index in [1.54, 1.807) is 36.9 Å². The van der Waals surface area contributed by atoms with Crippen LogP contribution in [0.4, 0.5) is 0 Å². The Morgan fingerprint density at radius 3 is 2.88 bits per heavy atom. The van der Waals surface area contributed by atoms with E-state index in [0.29, 0.717) is 24.0 Å². The fourth-order valence-electron chi connectivity index (χ4n) is 3.42. The number of carbonyl (C=O) groups is 1. The van der Waals surface area contributed by atoms with E-state index in [1.165, 1.54) is 10.9 Å². The summed E-state index contributed by atoms with van der Waals surface area (Å²) in [4.78, 5) is 31.0. The normalized spacial score (nSPS) is 18.3. The second kappa shape index (κ2) is 6.36. The molecule has 0 radical (unpaired) electrons. The summed E-state index contributed by atoms with van der Waals surface area (Å²) < 4.78 is 1.48. The van der Waals surface area contributed by atoms with Crippen LogP contribution in [-0.4, -0.2) is 43.7 Å². The summed E-state index contributed by atoms with van der Waals surface area (Å²) in [5.41, 5.74) is -0.381. The van der Waals surface area contributed by atoms with Crippen molar-refractivity contribution in [1.82, 2.24) is 14.5 Å². The molecular formula is C18H23N3O3. The summed E-state index contributed by atoms with van der Waals surface area (Å²) in [7, 11) is 0. The first-order valence-electron chi connectivity index (χ1n) is 8.34. The van der Waals surface area contributed by atoms with Crippen molar-refractivity contribution >= 4 is 16.8 Å². The average Bonchev–Trinajstić information content (AvgIpc) is 3.04. The maximum Gasteiger partial charge on any atom is 0.261 e. The molecule has 128 valence electrons. The van der Waals surface area contributed by atoms with Gasteiger partial charge in [-0.05, 0) is 38.8 Å². The molecule has 0 saturated carbocycles. The molecule has 1 aliphatic heterocycles. The zero-order valence-electron chi connectivity index (χ0n) is 14.1. The Labute approximate surface area is 140 Å². The molecular weight excluding hydrogens is 306 g/mol. The molecule has 0 aliphatic carbocycles. The molecule has 1 saturated heterocycles. The molecule has 24 heavy (non-hydrogen) atoms. The van der Waals surface area contributed by atoms with Crippen LogP contribution in [0.15, 0.2) is 35.4 Å². The SMILES string of the molecule is CC(C)(O)C1CCCN1C(=O)CCn1cnc2ccccc2c1=O. The van der Waals surface area contributed by atoms with Crippen LogP contribution in [0.1, 0.15) is 33.1 Å². The fraction of sp³-hybridized carbons (Fsp3) is 0.500. The number of amides is 1. The molecule has 1 N–H and O–H groups in total. The van der Waals surface area contributed by atoms with E-state index in [0.717, 1.165) is 12.8 Å². The van der Waals surface area contributed by atoms with E-state index in [1.807, 2.05) is 6.07 Å². The van der Waals surface area contributed by atoms with Gasteiger partial charge in [-0.25, -0.2) is 4.98 Å². The number of rotatable bonds is 4. The summed E-state index contributed by atoms with van der Waals surface area (Å²) in [6, 6.07) is 7.03. The molecule has 2 heterocycles. The molecule has 1 atom stereocenters. The Morgan fingerprint density at radius 2 is 2.12 bits per heavy atom. The highest BCUT2D eigenvalue weighted by molar-refractivity contribution is 5.78. The van der Waals surface area contributed by atoms with E-state index >= 15 is 0 Å². The molecule has 2 aromatic rings. The molecule has 1 aliphatic rings. The lowest BCUT2D eigenvalue weighted by molar-refractivity contribution is -0.136. The van der Waals surface area contributed by atoms with Gasteiger partial charge in [0.25, 0.3) is 5.56 Å². The van der Waals surface area contributed by atoms with Gasteiger partial charge in [0, 0.05) is 19.5 Å². The Balaban J connectivity index is 1.73. The quantitative estimate of drug-likeness (QED) is 0.923. The molecule has 1 fully saturated rings. The summed E-state index contributed by atoms with van der Waals surface area (Å²) in [6.45, 7) is 4.44. The molecule has 1 aromatic heterocycles. The number of aryl methyl sites for hydroxylation is 1. The Bertz CT molecular complexity index is 807. The van der Waals surface area contributed by atoms with Gasteiger partial charge in [-0.3, -0.25) is 14.2 Å². The first kappa shape index (κ1) is 16.6. The van der Waals surface area contributed by atoms with Gasteiger partial charge in [-0.2, -0.15) is 0 Å². The van der Waals surface area contributed by atoms with Gasteiger partial charge in [-0.1, -0.05) is 12.1 Å². The number of fused-ring (bicyclic) bond motifs is 1. The minimum absolute atomic E-state index is 0.0281. The monoisotopic (exact) mass is 329 g/mol. The lowest BCUT2D eigenvalue weighted by Gasteiger charge is -2.33. The van der Waals surface area contributed by atoms with Crippen LogP contribution in [0, 0.1) is 0 Å². The van der Waals surface area contributed by atoms with Crippen LogP contribution in [0.25, 0.3) is 10.9 Å². The summed E-state index contributed by atoms with van der Waals surface area (Å²) >= 11 is 0. The third-order valence-corrected chi connectivity index (χ3v) is 4.69. The molecule has 1 amide bonds. The average molecular weight is 329 g/mol. The van der Waals surface area contributed by atoms with Gasteiger partial charge in [-0.15, -0.1) is 0 Å². The second-order valence-electron chi connectivity index (χ2n) is 6.91. The number of aromatic nitrogens is 2. The van der Waals surface area contributed by atoms with Crippen LogP contribution in [0.3, 0.4) is 0 Å². The van der Waals surface area contributed by atoms with Crippen molar-refractivity contribution in [3.63, 3.8) is 0 Å². The first-order valence-corrected chi connectivity index (χ1v) is 8.34. The minimum Gasteiger partial charge on any atom is -0.388 e. The number of hydrogen-bond acceptors (Lipinski definition) is 4. The van der Waals surface area contributed by atoms with Gasteiger partial charge in [0.2, 0.25) is 5.91 Å². The molecule has 0 bridgehead atoms. The van der Waals surface area contributed by atoms with Crippen molar-refractivity contribution in [3.05, 3.63) is 40.9 Å². The predicted octanol–water partition coefficient (Wildman–Crippen LogP) is 1.55. The van der Waals surface area contributed by atoms with Gasteiger partial charge < -0.3 is 10.0 Å². The standard InChI is InChI=1S/C18H23N3O3/c1-18(2,24)15-8-5-10-21(15)16(22)9-11-20-12-19-14-7-4-3-6-13(14)17(20)23/h3-4,6-7,12,15,24H,5,8-11H2,1-2H3. The van der Waals surface area contributed by atoms with Crippen LogP contribution in [0.2, 0.25) is 0 Å². The maximum absolute atomic E-state index is 12.5. The number of hydrogen-bond donors (Lipinski definition) is 1. The van der Waals surface area contributed by atoms with Crippen molar-refractivity contribution < 1.29 is 9.90 Å². The van der Waals surface area contributed by atoms with Crippen LogP contribution in [0.5, 0.6) is 0 Å². The van der Waals surface area contributed by atoms with E-state index in [-0.39, 0.29) is 23.9 Å². The van der Waals surface area contributed by atoms with Gasteiger partial charge in [0.05, 0.1) is 28.9 Å². The molecule has 6 nitrogen and oxygen atoms in total. The van der Waals surface area contributed by atoms with E-state index in [9.17, 15) is 14.7 Å². The fourth-order valence-corrected chi connectivity index (χ4v) is 3.42. The molecule has 0 spiro atoms. The number of benzene rings is 1. The molecule has 1 unspecified atom stereocenters. The Kier molecular flexibility index (Phi) is 4.41. The zero-order valence-corrected chi connectivity index (χ0v) is 14.1. The van der Waals surface area contributed by atoms with Crippen LogP contribution >= 0.6 is 0 Å². The van der Waals surface area contributed by atoms with Crippen molar-refractivity contribution in [1.29, 1.82) is 0 Å². The minimum atomic E-state index is -0.909. The van der Waals surface area contributed by atoms with Crippen molar-refractivity contribution in [2.75, 3.05) is 6.54 Å². The molecule has 3 rings (SSSR count). The van der Waals surface area contributed by atoms with E-state index < -0.39 is 5.60 Å². The van der Waals surface area contributed by atoms with Crippen LogP contribution < -0.4 is 5.56 Å². The smallest absolute Gasteiger partial charge is 0.261 e. The largest absolute Gasteiger partial charge is 0.388 e. The number of carbonyl (C=O) groups excluding carboxylic acids is 1. The number of likely N-dealkylation sites (tertiary alicyclic amines) is 1. The van der Waals surface area contributed by atoms with E-state index in [4.69, 9.17) is 0 Å². The van der Waals surface area contributed by atoms with E-state index in [2.05, 4.69) is 4.98 Å².